The largest absolute Gasteiger partial charge is 0.494 e. The number of benzene rings is 2. The highest BCUT2D eigenvalue weighted by molar-refractivity contribution is 7.44. The van der Waals surface area contributed by atoms with Gasteiger partial charge in [-0.05, 0) is 92.5 Å². The van der Waals surface area contributed by atoms with Crippen molar-refractivity contribution in [3.63, 3.8) is 0 Å². The quantitative estimate of drug-likeness (QED) is 0.0458. The van der Waals surface area contributed by atoms with Crippen LogP contribution in [0, 0.1) is 13.5 Å². The van der Waals surface area contributed by atoms with Crippen molar-refractivity contribution < 1.29 is 29.8 Å². The molecular formula is C46H65N8O8P. The Labute approximate surface area is 375 Å². The second-order valence-electron chi connectivity index (χ2n) is 16.3. The molecule has 3 heterocycles. The van der Waals surface area contributed by atoms with Gasteiger partial charge in [0.25, 0.3) is 14.1 Å². The van der Waals surface area contributed by atoms with Crippen LogP contribution in [0.4, 0.5) is 17.1 Å². The number of azo groups is 1. The number of nitrogens with zero attached hydrogens (tertiary/aromatic N) is 6. The number of hydrogen-bond donors (Lipinski definition) is 3. The third-order valence-electron chi connectivity index (χ3n) is 10.4. The van der Waals surface area contributed by atoms with Gasteiger partial charge in [0.1, 0.15) is 24.3 Å². The van der Waals surface area contributed by atoms with Crippen LogP contribution in [0.25, 0.3) is 16.5 Å². The van der Waals surface area contributed by atoms with Gasteiger partial charge in [0.05, 0.1) is 36.1 Å². The second kappa shape index (κ2) is 23.6. The molecular weight excluding hydrogens is 824 g/mol. The van der Waals surface area contributed by atoms with E-state index in [2.05, 4.69) is 66.9 Å². The number of methoxy groups -OCH3 is 1. The number of aliphatic hydroxyl groups excluding tert-OH is 1. The summed E-state index contributed by atoms with van der Waals surface area (Å²) in [7, 11) is 1.31. The molecule has 342 valence electrons. The zero-order valence-electron chi connectivity index (χ0n) is 40.2. The van der Waals surface area contributed by atoms with E-state index in [1.807, 2.05) is 71.0 Å². The molecule has 1 unspecified atom stereocenters. The molecule has 0 aliphatic carbocycles. The Bertz CT molecular complexity index is 2290. The second-order valence-corrected chi connectivity index (χ2v) is 17.7. The van der Waals surface area contributed by atoms with Gasteiger partial charge in [-0.2, -0.15) is 5.11 Å². The summed E-state index contributed by atoms with van der Waals surface area (Å²) >= 11 is 0. The molecule has 4 atom stereocenters. The first kappa shape index (κ1) is 47.5. The smallest absolute Gasteiger partial charge is 0.330 e. The van der Waals surface area contributed by atoms with Crippen LogP contribution in [0.3, 0.4) is 0 Å². The predicted octanol–water partition coefficient (Wildman–Crippen LogP) is 8.46. The monoisotopic (exact) mass is 891 g/mol. The molecule has 1 fully saturated rings. The Kier molecular flexibility index (Phi) is 17.8. The van der Waals surface area contributed by atoms with Crippen molar-refractivity contribution in [3.05, 3.63) is 104 Å². The van der Waals surface area contributed by atoms with Crippen LogP contribution >= 0.6 is 8.53 Å². The number of aryl methyl sites for hydroxylation is 1. The zero-order valence-corrected chi connectivity index (χ0v) is 39.1. The molecule has 1 saturated heterocycles. The average Bonchev–Trinajstić information content (AvgIpc) is 3.65. The SMILES string of the molecule is [2H]C[C@H]1O[C@@H](n2cc(/C=C/CNC(=O)CCCN3c4cc(OC)c(N=Nc5ccc(C)cc5)cc4C(C)=CC3(C)C)c(=O)[nH]c2=O)C[C@H]1OP(OCC[N+]#[C-])N(C(C)C)C(C)C.[3H]OC. The van der Waals surface area contributed by atoms with Crippen LogP contribution in [-0.2, 0) is 18.6 Å². The average molecular weight is 892 g/mol. The summed E-state index contributed by atoms with van der Waals surface area (Å²) in [6, 6.07) is 12.0. The minimum Gasteiger partial charge on any atom is -0.494 e. The number of rotatable bonds is 19. The number of hydrogen-bond acceptors (Lipinski definition) is 12. The summed E-state index contributed by atoms with van der Waals surface area (Å²) in [5.41, 5.74) is 4.31. The zero-order chi connectivity index (χ0) is 47.8. The number of aliphatic hydroxyl groups is 1. The molecule has 0 saturated carbocycles. The number of amides is 1. The molecule has 0 spiro atoms. The van der Waals surface area contributed by atoms with Crippen LogP contribution in [0.2, 0.25) is 0 Å². The number of aromatic amines is 1. The summed E-state index contributed by atoms with van der Waals surface area (Å²) in [5, 5.41) is 15.4. The summed E-state index contributed by atoms with van der Waals surface area (Å²) in [5.74, 6) is 0.461. The van der Waals surface area contributed by atoms with Crippen molar-refractivity contribution >= 4 is 43.1 Å². The third-order valence-corrected chi connectivity index (χ3v) is 12.6. The summed E-state index contributed by atoms with van der Waals surface area (Å²) in [6.45, 7) is 24.8. The lowest BCUT2D eigenvalue weighted by Gasteiger charge is -2.43. The number of anilines is 1. The topological polar surface area (TPSA) is 177 Å². The Balaban J connectivity index is 0.00000300. The Hall–Kier alpha value is -5.01. The van der Waals surface area contributed by atoms with Gasteiger partial charge in [-0.3, -0.25) is 19.1 Å². The lowest BCUT2D eigenvalue weighted by molar-refractivity contribution is -0.120. The number of carbonyl (C=O) groups is 1. The van der Waals surface area contributed by atoms with Crippen LogP contribution in [0.5, 0.6) is 5.75 Å². The number of fused-ring (bicyclic) bond motifs is 1. The first-order valence-electron chi connectivity index (χ1n) is 22.2. The van der Waals surface area contributed by atoms with E-state index in [1.54, 1.807) is 19.3 Å². The standard InChI is InChI=1S/C45H61N8O7P.CH4O/c1-29(2)53(30(3)4)61(58-23-21-46-10)60-39-26-42(59-33(39)7)51-28-34(43(55)48-44(51)56)14-12-20-47-41(54)15-13-22-52-38-25-40(57-11)37(24-36(38)32(6)27-45(52,8)9)50-49-35-18-16-31(5)17-19-35;1-2/h12,14,16-19,24-25,27-30,33,39,42H,13,15,20-23,26H2,1-9,11H3,(H,47,54)(H,48,55,56);2H,1H3/b14-12+,50-49?;/t33-,39-,42-,61?;/m1./s1/i7D;2T. The Morgan fingerprint density at radius 2 is 1.94 bits per heavy atom. The number of nitrogens with one attached hydrogen (secondary N) is 2. The third kappa shape index (κ3) is 13.5. The molecule has 1 aromatic heterocycles. The van der Waals surface area contributed by atoms with Crippen LogP contribution in [-0.4, -0.2) is 97.0 Å². The van der Waals surface area contributed by atoms with E-state index in [4.69, 9.17) is 27.9 Å². The minimum absolute atomic E-state index is 0.0870. The lowest BCUT2D eigenvalue weighted by atomic mass is 9.88. The number of aromatic nitrogens is 2. The summed E-state index contributed by atoms with van der Waals surface area (Å²) in [4.78, 5) is 46.9. The van der Waals surface area contributed by atoms with Gasteiger partial charge in [-0.15, -0.1) is 5.11 Å². The fraction of sp³-hybridized carbons (Fsp3) is 0.522. The van der Waals surface area contributed by atoms with Gasteiger partial charge in [-0.1, -0.05) is 35.9 Å². The molecule has 3 N–H and O–H groups in total. The van der Waals surface area contributed by atoms with E-state index in [9.17, 15) is 14.4 Å². The van der Waals surface area contributed by atoms with Crippen molar-refractivity contribution in [2.45, 2.75) is 118 Å². The van der Waals surface area contributed by atoms with E-state index in [-0.39, 0.29) is 68.5 Å². The van der Waals surface area contributed by atoms with E-state index in [0.717, 1.165) is 28.1 Å². The molecule has 0 radical (unpaired) electrons. The Morgan fingerprint density at radius 1 is 1.22 bits per heavy atom. The van der Waals surface area contributed by atoms with Crippen molar-refractivity contribution in [3.8, 4) is 5.75 Å². The van der Waals surface area contributed by atoms with Crippen molar-refractivity contribution in [2.75, 3.05) is 45.4 Å². The molecule has 0 bridgehead atoms. The molecule has 5 rings (SSSR count). The minimum atomic E-state index is -1.60. The lowest BCUT2D eigenvalue weighted by Crippen LogP contribution is -2.45. The van der Waals surface area contributed by atoms with Crippen LogP contribution in [0.1, 0.15) is 98.9 Å². The number of carbonyl (C=O) groups excluding carboxylic acids is 1. The van der Waals surface area contributed by atoms with Gasteiger partial charge in [0, 0.05) is 70.0 Å². The number of ether oxygens (including phenoxy) is 2. The molecule has 3 aromatic rings. The molecule has 1 amide bonds. The van der Waals surface area contributed by atoms with E-state index >= 15 is 0 Å². The number of allylic oxidation sites excluding steroid dienone is 1. The maximum Gasteiger partial charge on any atom is 0.330 e. The summed E-state index contributed by atoms with van der Waals surface area (Å²) in [6.07, 6.45) is 5.95. The molecule has 17 heteroatoms. The highest BCUT2D eigenvalue weighted by Gasteiger charge is 2.39. The number of H-pyrrole nitrogens is 1. The first-order chi connectivity index (χ1) is 31.0. The van der Waals surface area contributed by atoms with Crippen molar-refractivity contribution in [1.82, 2.24) is 19.5 Å². The predicted molar refractivity (Wildman–Crippen MR) is 250 cm³/mol. The fourth-order valence-corrected chi connectivity index (χ4v) is 9.28. The van der Waals surface area contributed by atoms with Gasteiger partial charge >= 0.3 is 5.69 Å². The Morgan fingerprint density at radius 3 is 2.59 bits per heavy atom. The van der Waals surface area contributed by atoms with Gasteiger partial charge in [-0.25, -0.2) is 16.0 Å². The van der Waals surface area contributed by atoms with Gasteiger partial charge in [0.15, 0.2) is 0 Å². The molecule has 2 aliphatic rings. The fourth-order valence-electron chi connectivity index (χ4n) is 7.54. The van der Waals surface area contributed by atoms with Crippen LogP contribution < -0.4 is 26.2 Å². The van der Waals surface area contributed by atoms with Gasteiger partial charge in [0.2, 0.25) is 13.9 Å². The highest BCUT2D eigenvalue weighted by Crippen LogP contribution is 2.50. The molecule has 2 aromatic carbocycles. The van der Waals surface area contributed by atoms with E-state index in [1.165, 1.54) is 17.9 Å². The summed E-state index contributed by atoms with van der Waals surface area (Å²) < 4.78 is 41.7. The molecule has 63 heavy (non-hydrogen) atoms. The van der Waals surface area contributed by atoms with E-state index < -0.39 is 38.2 Å². The molecule has 2 aliphatic heterocycles. The first-order valence-corrected chi connectivity index (χ1v) is 22.2. The molecule has 16 nitrogen and oxygen atoms in total. The van der Waals surface area contributed by atoms with Gasteiger partial charge < -0.3 is 38.7 Å². The maximum atomic E-state index is 13.0. The van der Waals surface area contributed by atoms with Crippen molar-refractivity contribution in [2.24, 2.45) is 10.2 Å². The normalized spacial score (nSPS) is 19.1. The van der Waals surface area contributed by atoms with E-state index in [0.29, 0.717) is 24.4 Å². The van der Waals surface area contributed by atoms with Crippen LogP contribution in [0.15, 0.2) is 74.6 Å². The maximum absolute atomic E-state index is 13.0. The van der Waals surface area contributed by atoms with Crippen molar-refractivity contribution in [1.29, 1.82) is 1.43 Å². The highest BCUT2D eigenvalue weighted by atomic mass is 31.2.